The van der Waals surface area contributed by atoms with E-state index in [1.807, 2.05) is 6.92 Å². The van der Waals surface area contributed by atoms with E-state index < -0.39 is 38.9 Å². The topological polar surface area (TPSA) is 165 Å². The number of amides is 2. The first-order valence-corrected chi connectivity index (χ1v) is 6.41. The summed E-state index contributed by atoms with van der Waals surface area (Å²) in [4.78, 5) is 12.2. The van der Waals surface area contributed by atoms with Gasteiger partial charge in [0.2, 0.25) is 0 Å². The minimum absolute atomic E-state index is 0.0425. The Labute approximate surface area is 123 Å². The van der Waals surface area contributed by atoms with Gasteiger partial charge in [0.25, 0.3) is 5.97 Å². The third-order valence-electron chi connectivity index (χ3n) is 2.34. The van der Waals surface area contributed by atoms with Crippen LogP contribution in [0.3, 0.4) is 0 Å². The first-order valence-electron chi connectivity index (χ1n) is 6.41. The van der Waals surface area contributed by atoms with Crippen molar-refractivity contribution < 1.29 is 40.5 Å². The molecule has 0 radical (unpaired) electrons. The first-order chi connectivity index (χ1) is 9.77. The standard InChI is InChI=1S/C6H14O3.C5H12N2O5/c1-2-3-4-5-6(7,8)9;8-1-6(2-9)5(12)7(3-10)4-11/h7-9H,2-5H2,1H3;8-11H,1-4H2. The van der Waals surface area contributed by atoms with Crippen molar-refractivity contribution in [1.82, 2.24) is 9.80 Å². The summed E-state index contributed by atoms with van der Waals surface area (Å²) in [7, 11) is 0. The van der Waals surface area contributed by atoms with Crippen molar-refractivity contribution in [3.8, 4) is 0 Å². The zero-order valence-corrected chi connectivity index (χ0v) is 12.1. The summed E-state index contributed by atoms with van der Waals surface area (Å²) < 4.78 is 0. The molecule has 0 aromatic heterocycles. The molecule has 0 aromatic carbocycles. The van der Waals surface area contributed by atoms with Crippen molar-refractivity contribution in [3.63, 3.8) is 0 Å². The zero-order chi connectivity index (χ0) is 16.9. The van der Waals surface area contributed by atoms with Crippen molar-refractivity contribution >= 4 is 6.03 Å². The van der Waals surface area contributed by atoms with E-state index in [-0.39, 0.29) is 6.42 Å². The second kappa shape index (κ2) is 12.7. The molecule has 10 heteroatoms. The van der Waals surface area contributed by atoms with Gasteiger partial charge in [0.05, 0.1) is 0 Å². The third kappa shape index (κ3) is 12.4. The van der Waals surface area contributed by atoms with Crippen LogP contribution >= 0.6 is 0 Å². The Hall–Kier alpha value is -1.01. The summed E-state index contributed by atoms with van der Waals surface area (Å²) >= 11 is 0. The Morgan fingerprint density at radius 1 is 0.857 bits per heavy atom. The molecule has 0 aliphatic rings. The summed E-state index contributed by atoms with van der Waals surface area (Å²) in [6, 6.07) is -0.843. The lowest BCUT2D eigenvalue weighted by Gasteiger charge is -2.24. The molecule has 0 aliphatic heterocycles. The molecule has 10 nitrogen and oxygen atoms in total. The highest BCUT2D eigenvalue weighted by atomic mass is 16.7. The number of aliphatic hydroxyl groups excluding tert-OH is 4. The molecule has 21 heavy (non-hydrogen) atoms. The van der Waals surface area contributed by atoms with E-state index >= 15 is 0 Å². The average molecular weight is 314 g/mol. The Morgan fingerprint density at radius 2 is 1.24 bits per heavy atom. The van der Waals surface area contributed by atoms with Gasteiger partial charge in [0.1, 0.15) is 26.9 Å². The van der Waals surface area contributed by atoms with Crippen LogP contribution < -0.4 is 0 Å². The third-order valence-corrected chi connectivity index (χ3v) is 2.34. The molecule has 0 aromatic rings. The molecule has 0 heterocycles. The molecule has 0 saturated heterocycles. The van der Waals surface area contributed by atoms with Crippen LogP contribution in [0.2, 0.25) is 0 Å². The van der Waals surface area contributed by atoms with Gasteiger partial charge in [-0.05, 0) is 6.42 Å². The number of hydrogen-bond donors (Lipinski definition) is 7. The van der Waals surface area contributed by atoms with Crippen molar-refractivity contribution in [2.24, 2.45) is 0 Å². The van der Waals surface area contributed by atoms with Crippen LogP contribution in [0, 0.1) is 0 Å². The number of carbonyl (C=O) groups is 1. The fourth-order valence-corrected chi connectivity index (χ4v) is 1.14. The van der Waals surface area contributed by atoms with E-state index in [1.165, 1.54) is 0 Å². The van der Waals surface area contributed by atoms with Gasteiger partial charge >= 0.3 is 6.03 Å². The Morgan fingerprint density at radius 3 is 1.48 bits per heavy atom. The maximum atomic E-state index is 11.0. The van der Waals surface area contributed by atoms with E-state index in [0.717, 1.165) is 12.8 Å². The molecule has 0 fully saturated rings. The second-order valence-electron chi connectivity index (χ2n) is 4.16. The summed E-state index contributed by atoms with van der Waals surface area (Å²) in [5.41, 5.74) is 0. The second-order valence-corrected chi connectivity index (χ2v) is 4.16. The summed E-state index contributed by atoms with van der Waals surface area (Å²) in [6.07, 6.45) is 2.63. The van der Waals surface area contributed by atoms with Crippen molar-refractivity contribution in [3.05, 3.63) is 0 Å². The maximum Gasteiger partial charge on any atom is 0.327 e. The lowest BCUT2D eigenvalue weighted by molar-refractivity contribution is -0.315. The molecule has 0 spiro atoms. The van der Waals surface area contributed by atoms with E-state index in [1.54, 1.807) is 0 Å². The van der Waals surface area contributed by atoms with Gasteiger partial charge in [-0.3, -0.25) is 9.80 Å². The quantitative estimate of drug-likeness (QED) is 0.194. The SMILES string of the molecule is CCCCCC(O)(O)O.O=C(N(CO)CO)N(CO)CO. The molecule has 0 bridgehead atoms. The fraction of sp³-hybridized carbons (Fsp3) is 0.909. The van der Waals surface area contributed by atoms with Crippen LogP contribution in [0.15, 0.2) is 0 Å². The average Bonchev–Trinajstić information content (AvgIpc) is 2.41. The number of rotatable bonds is 8. The molecule has 2 amide bonds. The monoisotopic (exact) mass is 314 g/mol. The Kier molecular flexibility index (Phi) is 13.5. The predicted molar refractivity (Wildman–Crippen MR) is 70.9 cm³/mol. The van der Waals surface area contributed by atoms with Crippen LogP contribution in [0.5, 0.6) is 0 Å². The first kappa shape index (κ1) is 22.3. The summed E-state index contributed by atoms with van der Waals surface area (Å²) in [5.74, 6) is -2.45. The van der Waals surface area contributed by atoms with Gasteiger partial charge in [0, 0.05) is 6.42 Å². The minimum Gasteiger partial charge on any atom is -0.376 e. The molecular formula is C11H26N2O8. The van der Waals surface area contributed by atoms with Gasteiger partial charge in [-0.1, -0.05) is 19.8 Å². The largest absolute Gasteiger partial charge is 0.376 e. The van der Waals surface area contributed by atoms with Crippen LogP contribution in [-0.2, 0) is 0 Å². The van der Waals surface area contributed by atoms with Crippen molar-refractivity contribution in [2.45, 2.75) is 38.6 Å². The molecular weight excluding hydrogens is 288 g/mol. The normalized spacial score (nSPS) is 10.7. The lowest BCUT2D eigenvalue weighted by atomic mass is 10.2. The van der Waals surface area contributed by atoms with Crippen molar-refractivity contribution in [2.75, 3.05) is 26.9 Å². The lowest BCUT2D eigenvalue weighted by Crippen LogP contribution is -2.44. The van der Waals surface area contributed by atoms with E-state index in [4.69, 9.17) is 35.7 Å². The van der Waals surface area contributed by atoms with E-state index in [9.17, 15) is 4.79 Å². The number of unbranched alkanes of at least 4 members (excludes halogenated alkanes) is 2. The highest BCUT2D eigenvalue weighted by Gasteiger charge is 2.17. The highest BCUT2D eigenvalue weighted by molar-refractivity contribution is 5.73. The van der Waals surface area contributed by atoms with Gasteiger partial charge in [-0.2, -0.15) is 0 Å². The number of aliphatic hydroxyl groups is 7. The molecule has 0 saturated carbocycles. The maximum absolute atomic E-state index is 11.0. The summed E-state index contributed by atoms with van der Waals surface area (Å²) in [5, 5.41) is 59.0. The molecule has 0 unspecified atom stereocenters. The van der Waals surface area contributed by atoms with Crippen LogP contribution in [-0.4, -0.2) is 84.5 Å². The highest BCUT2D eigenvalue weighted by Crippen LogP contribution is 2.07. The number of hydrogen-bond acceptors (Lipinski definition) is 8. The molecule has 0 aliphatic carbocycles. The zero-order valence-electron chi connectivity index (χ0n) is 12.1. The van der Waals surface area contributed by atoms with E-state index in [0.29, 0.717) is 16.2 Å². The van der Waals surface area contributed by atoms with Gasteiger partial charge < -0.3 is 35.7 Å². The number of carbonyl (C=O) groups excluding carboxylic acids is 1. The van der Waals surface area contributed by atoms with Crippen molar-refractivity contribution in [1.29, 1.82) is 0 Å². The minimum atomic E-state index is -2.45. The molecule has 0 rings (SSSR count). The van der Waals surface area contributed by atoms with Gasteiger partial charge in [0.15, 0.2) is 0 Å². The van der Waals surface area contributed by atoms with Crippen LogP contribution in [0.1, 0.15) is 32.6 Å². The summed E-state index contributed by atoms with van der Waals surface area (Å²) in [6.45, 7) is -0.691. The number of urea groups is 1. The van der Waals surface area contributed by atoms with E-state index in [2.05, 4.69) is 0 Å². The number of nitrogens with zero attached hydrogens (tertiary/aromatic N) is 2. The Balaban J connectivity index is 0. The predicted octanol–water partition coefficient (Wildman–Crippen LogP) is -2.29. The van der Waals surface area contributed by atoms with Crippen LogP contribution in [0.25, 0.3) is 0 Å². The Bertz CT molecular complexity index is 237. The molecule has 0 atom stereocenters. The van der Waals surface area contributed by atoms with Crippen LogP contribution in [0.4, 0.5) is 4.79 Å². The fourth-order valence-electron chi connectivity index (χ4n) is 1.14. The van der Waals surface area contributed by atoms with Gasteiger partial charge in [-0.25, -0.2) is 4.79 Å². The smallest absolute Gasteiger partial charge is 0.327 e. The van der Waals surface area contributed by atoms with Gasteiger partial charge in [-0.15, -0.1) is 0 Å². The molecule has 128 valence electrons. The molecule has 7 N–H and O–H groups in total.